The van der Waals surface area contributed by atoms with Crippen molar-refractivity contribution in [3.05, 3.63) is 12.4 Å². The van der Waals surface area contributed by atoms with E-state index in [2.05, 4.69) is 10.2 Å². The molecular weight excluding hydrogens is 230 g/mol. The highest BCUT2D eigenvalue weighted by molar-refractivity contribution is 7.89. The molecular formula is C9H13N3O3S. The van der Waals surface area contributed by atoms with Gasteiger partial charge in [0.15, 0.2) is 0 Å². The maximum absolute atomic E-state index is 12.1. The first kappa shape index (κ1) is 11.3. The van der Waals surface area contributed by atoms with Gasteiger partial charge in [0.25, 0.3) is 0 Å². The molecule has 1 saturated heterocycles. The molecule has 1 N–H and O–H groups in total. The summed E-state index contributed by atoms with van der Waals surface area (Å²) in [6, 6.07) is 0. The highest BCUT2D eigenvalue weighted by atomic mass is 32.2. The van der Waals surface area contributed by atoms with Crippen molar-refractivity contribution < 1.29 is 13.2 Å². The van der Waals surface area contributed by atoms with Crippen molar-refractivity contribution in [2.24, 2.45) is 5.92 Å². The minimum Gasteiger partial charge on any atom is -0.303 e. The van der Waals surface area contributed by atoms with Crippen LogP contribution in [0.3, 0.4) is 0 Å². The number of hydrogen-bond donors (Lipinski definition) is 1. The zero-order valence-electron chi connectivity index (χ0n) is 8.67. The molecule has 0 aromatic carbocycles. The zero-order chi connectivity index (χ0) is 11.6. The highest BCUT2D eigenvalue weighted by Crippen LogP contribution is 2.21. The fourth-order valence-corrected chi connectivity index (χ4v) is 3.28. The molecule has 0 amide bonds. The molecule has 0 saturated carbocycles. The van der Waals surface area contributed by atoms with Gasteiger partial charge in [-0.25, -0.2) is 8.42 Å². The third-order valence-corrected chi connectivity index (χ3v) is 4.55. The molecule has 88 valence electrons. The van der Waals surface area contributed by atoms with Crippen LogP contribution < -0.4 is 0 Å². The van der Waals surface area contributed by atoms with E-state index in [9.17, 15) is 13.2 Å². The van der Waals surface area contributed by atoms with Crippen molar-refractivity contribution in [1.29, 1.82) is 0 Å². The monoisotopic (exact) mass is 243 g/mol. The molecule has 7 heteroatoms. The molecule has 2 heterocycles. The van der Waals surface area contributed by atoms with Gasteiger partial charge in [0.1, 0.15) is 11.2 Å². The minimum atomic E-state index is -3.48. The predicted octanol–water partition coefficient (Wildman–Crippen LogP) is 0.00930. The smallest absolute Gasteiger partial charge is 0.246 e. The summed E-state index contributed by atoms with van der Waals surface area (Å²) in [5.74, 6) is -0.185. The van der Waals surface area contributed by atoms with Gasteiger partial charge in [0.05, 0.1) is 6.20 Å². The van der Waals surface area contributed by atoms with Crippen LogP contribution in [0.4, 0.5) is 0 Å². The van der Waals surface area contributed by atoms with Crippen LogP contribution in [0, 0.1) is 5.92 Å². The van der Waals surface area contributed by atoms with E-state index in [1.807, 2.05) is 0 Å². The fourth-order valence-electron chi connectivity index (χ4n) is 1.83. The number of rotatable bonds is 3. The van der Waals surface area contributed by atoms with E-state index in [0.29, 0.717) is 6.54 Å². The summed E-state index contributed by atoms with van der Waals surface area (Å²) in [6.07, 6.45) is 4.94. The summed E-state index contributed by atoms with van der Waals surface area (Å²) < 4.78 is 25.5. The van der Waals surface area contributed by atoms with Gasteiger partial charge in [-0.3, -0.25) is 5.10 Å². The molecule has 0 aliphatic carbocycles. The van der Waals surface area contributed by atoms with Crippen LogP contribution in [-0.2, 0) is 14.8 Å². The Morgan fingerprint density at radius 2 is 2.38 bits per heavy atom. The van der Waals surface area contributed by atoms with Gasteiger partial charge in [0, 0.05) is 25.2 Å². The van der Waals surface area contributed by atoms with Crippen LogP contribution in [0.2, 0.25) is 0 Å². The van der Waals surface area contributed by atoms with E-state index >= 15 is 0 Å². The third-order valence-electron chi connectivity index (χ3n) is 2.72. The Morgan fingerprint density at radius 1 is 1.56 bits per heavy atom. The average molecular weight is 243 g/mol. The van der Waals surface area contributed by atoms with Crippen molar-refractivity contribution in [3.8, 4) is 0 Å². The van der Waals surface area contributed by atoms with Crippen LogP contribution in [0.5, 0.6) is 0 Å². The Hall–Kier alpha value is -1.21. The lowest BCUT2D eigenvalue weighted by Gasteiger charge is -2.28. The Kier molecular flexibility index (Phi) is 3.06. The SMILES string of the molecule is O=CC1CCCN(S(=O)(=O)c2cn[nH]c2)C1. The first-order chi connectivity index (χ1) is 7.64. The van der Waals surface area contributed by atoms with Crippen molar-refractivity contribution >= 4 is 16.3 Å². The second-order valence-electron chi connectivity index (χ2n) is 3.84. The minimum absolute atomic E-state index is 0.152. The van der Waals surface area contributed by atoms with Crippen LogP contribution in [0.25, 0.3) is 0 Å². The molecule has 1 aromatic rings. The molecule has 0 radical (unpaired) electrons. The number of H-pyrrole nitrogens is 1. The number of aromatic nitrogens is 2. The van der Waals surface area contributed by atoms with Gasteiger partial charge in [0.2, 0.25) is 10.0 Å². The van der Waals surface area contributed by atoms with Gasteiger partial charge >= 0.3 is 0 Å². The van der Waals surface area contributed by atoms with Crippen molar-refractivity contribution in [2.75, 3.05) is 13.1 Å². The topological polar surface area (TPSA) is 83.1 Å². The molecule has 1 aromatic heterocycles. The summed E-state index contributed by atoms with van der Waals surface area (Å²) in [5.41, 5.74) is 0. The van der Waals surface area contributed by atoms with Gasteiger partial charge in [-0.1, -0.05) is 0 Å². The van der Waals surface area contributed by atoms with Crippen LogP contribution in [0.15, 0.2) is 17.3 Å². The Labute approximate surface area is 93.7 Å². The van der Waals surface area contributed by atoms with E-state index < -0.39 is 10.0 Å². The number of nitrogens with one attached hydrogen (secondary N) is 1. The highest BCUT2D eigenvalue weighted by Gasteiger charge is 2.30. The van der Waals surface area contributed by atoms with Gasteiger partial charge in [-0.05, 0) is 12.8 Å². The lowest BCUT2D eigenvalue weighted by Crippen LogP contribution is -2.40. The molecule has 6 nitrogen and oxygen atoms in total. The summed E-state index contributed by atoms with van der Waals surface area (Å²) in [4.78, 5) is 10.8. The number of nitrogens with zero attached hydrogens (tertiary/aromatic N) is 2. The molecule has 2 rings (SSSR count). The maximum Gasteiger partial charge on any atom is 0.246 e. The molecule has 1 unspecified atom stereocenters. The molecule has 0 bridgehead atoms. The van der Waals surface area contributed by atoms with Gasteiger partial charge in [-0.2, -0.15) is 9.40 Å². The van der Waals surface area contributed by atoms with E-state index in [4.69, 9.17) is 0 Å². The number of carbonyl (C=O) groups is 1. The van der Waals surface area contributed by atoms with Gasteiger partial charge < -0.3 is 4.79 Å². The molecule has 1 atom stereocenters. The number of hydrogen-bond acceptors (Lipinski definition) is 4. The predicted molar refractivity (Wildman–Crippen MR) is 56.1 cm³/mol. The van der Waals surface area contributed by atoms with E-state index in [0.717, 1.165) is 19.1 Å². The molecule has 1 aliphatic heterocycles. The van der Waals surface area contributed by atoms with Crippen LogP contribution in [-0.4, -0.2) is 42.3 Å². The third kappa shape index (κ3) is 2.00. The average Bonchev–Trinajstić information content (AvgIpc) is 2.83. The quantitative estimate of drug-likeness (QED) is 0.758. The summed E-state index contributed by atoms with van der Waals surface area (Å²) in [5, 5.41) is 6.10. The van der Waals surface area contributed by atoms with Gasteiger partial charge in [-0.15, -0.1) is 0 Å². The van der Waals surface area contributed by atoms with E-state index in [-0.39, 0.29) is 17.4 Å². The number of sulfonamides is 1. The largest absolute Gasteiger partial charge is 0.303 e. The molecule has 0 spiro atoms. The van der Waals surface area contributed by atoms with E-state index in [1.165, 1.54) is 16.7 Å². The normalized spacial score (nSPS) is 23.1. The molecule has 1 fully saturated rings. The summed E-state index contributed by atoms with van der Waals surface area (Å²) >= 11 is 0. The second-order valence-corrected chi connectivity index (χ2v) is 5.77. The van der Waals surface area contributed by atoms with E-state index in [1.54, 1.807) is 0 Å². The first-order valence-corrected chi connectivity index (χ1v) is 6.53. The standard InChI is InChI=1S/C9H13N3O3S/c13-7-8-2-1-3-12(6-8)16(14,15)9-4-10-11-5-9/h4-5,7-8H,1-3,6H2,(H,10,11). The lowest BCUT2D eigenvalue weighted by atomic mass is 10.0. The maximum atomic E-state index is 12.1. The Morgan fingerprint density at radius 3 is 3.00 bits per heavy atom. The number of aldehydes is 1. The zero-order valence-corrected chi connectivity index (χ0v) is 9.48. The summed E-state index contributed by atoms with van der Waals surface area (Å²) in [6.45, 7) is 0.745. The van der Waals surface area contributed by atoms with Crippen LogP contribution in [0.1, 0.15) is 12.8 Å². The van der Waals surface area contributed by atoms with Crippen molar-refractivity contribution in [1.82, 2.24) is 14.5 Å². The van der Waals surface area contributed by atoms with Crippen molar-refractivity contribution in [3.63, 3.8) is 0 Å². The van der Waals surface area contributed by atoms with Crippen LogP contribution >= 0.6 is 0 Å². The van der Waals surface area contributed by atoms with Crippen molar-refractivity contribution in [2.45, 2.75) is 17.7 Å². The lowest BCUT2D eigenvalue weighted by molar-refractivity contribution is -0.112. The second kappa shape index (κ2) is 4.34. The number of aromatic amines is 1. The molecule has 1 aliphatic rings. The fraction of sp³-hybridized carbons (Fsp3) is 0.556. The first-order valence-electron chi connectivity index (χ1n) is 5.09. The Bertz CT molecular complexity index is 454. The molecule has 16 heavy (non-hydrogen) atoms. The number of piperidine rings is 1. The summed E-state index contributed by atoms with van der Waals surface area (Å²) in [7, 11) is -3.48. The number of carbonyl (C=O) groups excluding carboxylic acids is 1. The Balaban J connectivity index is 2.21.